The minimum Gasteiger partial charge on any atom is -0.444 e. The molecule has 3 heterocycles. The van der Waals surface area contributed by atoms with Crippen molar-refractivity contribution in [1.82, 2.24) is 19.4 Å². The number of carbonyl (C=O) groups excluding carboxylic acids is 1. The van der Waals surface area contributed by atoms with E-state index < -0.39 is 23.9 Å². The Balaban J connectivity index is 1.75. The third-order valence-corrected chi connectivity index (χ3v) is 5.80. The molecule has 2 aromatic heterocycles. The molecular weight excluding hydrogens is 447 g/mol. The van der Waals surface area contributed by atoms with Gasteiger partial charge < -0.3 is 19.1 Å². The Hall–Kier alpha value is -3.30. The Bertz CT molecular complexity index is 1210. The molecule has 0 spiro atoms. The fourth-order valence-electron chi connectivity index (χ4n) is 4.28. The van der Waals surface area contributed by atoms with E-state index in [1.807, 2.05) is 39.5 Å². The Morgan fingerprint density at radius 2 is 1.88 bits per heavy atom. The summed E-state index contributed by atoms with van der Waals surface area (Å²) in [4.78, 5) is 24.9. The van der Waals surface area contributed by atoms with Crippen LogP contribution < -0.4 is 4.90 Å². The van der Waals surface area contributed by atoms with Crippen LogP contribution in [0.4, 0.5) is 23.8 Å². The highest BCUT2D eigenvalue weighted by atomic mass is 19.3. The van der Waals surface area contributed by atoms with Gasteiger partial charge in [-0.1, -0.05) is 6.07 Å². The predicted molar refractivity (Wildman–Crippen MR) is 123 cm³/mol. The lowest BCUT2D eigenvalue weighted by molar-refractivity contribution is 0.0130. The second-order valence-corrected chi connectivity index (χ2v) is 9.61. The van der Waals surface area contributed by atoms with Crippen molar-refractivity contribution >= 4 is 22.9 Å². The Morgan fingerprint density at radius 1 is 1.15 bits per heavy atom. The van der Waals surface area contributed by atoms with Gasteiger partial charge in [0.2, 0.25) is 0 Å². The van der Waals surface area contributed by atoms with E-state index in [0.29, 0.717) is 24.6 Å². The minimum atomic E-state index is -2.78. The topological polar surface area (TPSA) is 63.5 Å². The van der Waals surface area contributed by atoms with Crippen LogP contribution in [0.15, 0.2) is 36.8 Å². The van der Waals surface area contributed by atoms with Crippen LogP contribution in [0.1, 0.15) is 46.6 Å². The molecule has 182 valence electrons. The smallest absolute Gasteiger partial charge is 0.410 e. The van der Waals surface area contributed by atoms with Crippen molar-refractivity contribution in [3.8, 4) is 5.69 Å². The van der Waals surface area contributed by atoms with Gasteiger partial charge in [0.1, 0.15) is 23.6 Å². The summed E-state index contributed by atoms with van der Waals surface area (Å²) in [5.41, 5.74) is -0.204. The van der Waals surface area contributed by atoms with Crippen molar-refractivity contribution in [2.45, 2.75) is 58.7 Å². The SMILES string of the molecule is CC1CN(c2ncnc3c2c(C(F)F)cn3-c2cccc(F)c2)C(C)CN1C(=O)OC(C)(C)C. The number of anilines is 1. The van der Waals surface area contributed by atoms with Gasteiger partial charge >= 0.3 is 6.09 Å². The molecule has 1 aromatic carbocycles. The second-order valence-electron chi connectivity index (χ2n) is 9.61. The molecule has 2 unspecified atom stereocenters. The van der Waals surface area contributed by atoms with Crippen LogP contribution in [-0.2, 0) is 4.74 Å². The quantitative estimate of drug-likeness (QED) is 0.512. The third-order valence-electron chi connectivity index (χ3n) is 5.80. The molecule has 0 bridgehead atoms. The number of hydrogen-bond acceptors (Lipinski definition) is 5. The van der Waals surface area contributed by atoms with Crippen LogP contribution in [0.5, 0.6) is 0 Å². The van der Waals surface area contributed by atoms with Crippen LogP contribution in [0.2, 0.25) is 0 Å². The number of piperazine rings is 1. The largest absolute Gasteiger partial charge is 0.444 e. The lowest BCUT2D eigenvalue weighted by Gasteiger charge is -2.44. The number of carbonyl (C=O) groups is 1. The summed E-state index contributed by atoms with van der Waals surface area (Å²) >= 11 is 0. The summed E-state index contributed by atoms with van der Waals surface area (Å²) in [5, 5.41) is 0.214. The first kappa shape index (κ1) is 23.8. The molecule has 1 fully saturated rings. The Kier molecular flexibility index (Phi) is 6.18. The molecular formula is C24H28F3N5O2. The van der Waals surface area contributed by atoms with E-state index in [2.05, 4.69) is 9.97 Å². The molecule has 2 atom stereocenters. The van der Waals surface area contributed by atoms with Crippen molar-refractivity contribution < 1.29 is 22.7 Å². The molecule has 3 aromatic rings. The monoisotopic (exact) mass is 475 g/mol. The molecule has 0 N–H and O–H groups in total. The van der Waals surface area contributed by atoms with Gasteiger partial charge in [-0.2, -0.15) is 0 Å². The average molecular weight is 476 g/mol. The number of amides is 1. The fraction of sp³-hybridized carbons (Fsp3) is 0.458. The van der Waals surface area contributed by atoms with Gasteiger partial charge in [0.15, 0.2) is 5.65 Å². The van der Waals surface area contributed by atoms with Crippen molar-refractivity contribution in [1.29, 1.82) is 0 Å². The number of benzene rings is 1. The molecule has 1 aliphatic rings. The fourth-order valence-corrected chi connectivity index (χ4v) is 4.28. The zero-order chi connectivity index (χ0) is 24.8. The van der Waals surface area contributed by atoms with Gasteiger partial charge in [0.25, 0.3) is 6.43 Å². The lowest BCUT2D eigenvalue weighted by atomic mass is 10.1. The molecule has 1 amide bonds. The number of rotatable bonds is 3. The Morgan fingerprint density at radius 3 is 2.53 bits per heavy atom. The summed E-state index contributed by atoms with van der Waals surface area (Å²) in [6.07, 6.45) is -0.587. The number of ether oxygens (including phenoxy) is 1. The minimum absolute atomic E-state index is 0.214. The maximum absolute atomic E-state index is 14.1. The van der Waals surface area contributed by atoms with Crippen LogP contribution in [0.25, 0.3) is 16.7 Å². The standard InChI is InChI=1S/C24H28F3N5O2/c1-14-11-31(23(33)34-24(3,4)5)15(2)10-30(14)21-19-18(20(26)27)12-32(22(19)29-13-28-21)17-8-6-7-16(25)9-17/h6-9,12-15,20H,10-11H2,1-5H3. The summed E-state index contributed by atoms with van der Waals surface area (Å²) in [7, 11) is 0. The number of nitrogens with zero attached hydrogens (tertiary/aromatic N) is 5. The van der Waals surface area contributed by atoms with Crippen molar-refractivity contribution in [3.05, 3.63) is 48.2 Å². The van der Waals surface area contributed by atoms with Crippen LogP contribution in [-0.4, -0.2) is 56.3 Å². The molecule has 0 saturated carbocycles. The van der Waals surface area contributed by atoms with Gasteiger partial charge in [-0.3, -0.25) is 0 Å². The van der Waals surface area contributed by atoms with E-state index in [1.54, 1.807) is 11.0 Å². The van der Waals surface area contributed by atoms with E-state index in [4.69, 9.17) is 4.74 Å². The first-order valence-electron chi connectivity index (χ1n) is 11.1. The van der Waals surface area contributed by atoms with E-state index in [0.717, 1.165) is 0 Å². The Labute approximate surface area is 196 Å². The summed E-state index contributed by atoms with van der Waals surface area (Å²) in [5.74, 6) is -0.119. The molecule has 34 heavy (non-hydrogen) atoms. The van der Waals surface area contributed by atoms with E-state index in [9.17, 15) is 18.0 Å². The maximum Gasteiger partial charge on any atom is 0.410 e. The molecule has 10 heteroatoms. The van der Waals surface area contributed by atoms with Crippen molar-refractivity contribution in [2.24, 2.45) is 0 Å². The summed E-state index contributed by atoms with van der Waals surface area (Å²) in [6.45, 7) is 9.93. The van der Waals surface area contributed by atoms with Gasteiger partial charge in [0, 0.05) is 42.6 Å². The molecule has 1 saturated heterocycles. The number of halogens is 3. The van der Waals surface area contributed by atoms with Gasteiger partial charge in [0.05, 0.1) is 5.39 Å². The number of fused-ring (bicyclic) bond motifs is 1. The van der Waals surface area contributed by atoms with E-state index in [1.165, 1.54) is 35.3 Å². The van der Waals surface area contributed by atoms with Crippen molar-refractivity contribution in [3.63, 3.8) is 0 Å². The highest BCUT2D eigenvalue weighted by Gasteiger charge is 2.36. The number of alkyl halides is 2. The second kappa shape index (κ2) is 8.81. The first-order valence-corrected chi connectivity index (χ1v) is 11.1. The van der Waals surface area contributed by atoms with Crippen LogP contribution in [0.3, 0.4) is 0 Å². The van der Waals surface area contributed by atoms with E-state index >= 15 is 0 Å². The molecule has 0 radical (unpaired) electrons. The molecule has 1 aliphatic heterocycles. The first-order chi connectivity index (χ1) is 16.0. The van der Waals surface area contributed by atoms with Gasteiger partial charge in [-0.05, 0) is 52.8 Å². The lowest BCUT2D eigenvalue weighted by Crippen LogP contribution is -2.59. The van der Waals surface area contributed by atoms with Gasteiger partial charge in [-0.15, -0.1) is 0 Å². The summed E-state index contributed by atoms with van der Waals surface area (Å²) in [6, 6.07) is 5.24. The van der Waals surface area contributed by atoms with E-state index in [-0.39, 0.29) is 28.7 Å². The molecule has 4 rings (SSSR count). The zero-order valence-corrected chi connectivity index (χ0v) is 19.8. The predicted octanol–water partition coefficient (Wildman–Crippen LogP) is 5.33. The van der Waals surface area contributed by atoms with Crippen molar-refractivity contribution in [2.75, 3.05) is 18.0 Å². The van der Waals surface area contributed by atoms with Crippen LogP contribution >= 0.6 is 0 Å². The zero-order valence-electron chi connectivity index (χ0n) is 19.8. The van der Waals surface area contributed by atoms with Crippen LogP contribution in [0, 0.1) is 5.82 Å². The average Bonchev–Trinajstić information content (AvgIpc) is 3.14. The molecule has 7 nitrogen and oxygen atoms in total. The van der Waals surface area contributed by atoms with Gasteiger partial charge in [-0.25, -0.2) is 27.9 Å². The third kappa shape index (κ3) is 4.53. The normalized spacial score (nSPS) is 19.2. The number of aromatic nitrogens is 3. The highest BCUT2D eigenvalue weighted by Crippen LogP contribution is 2.37. The highest BCUT2D eigenvalue weighted by molar-refractivity contribution is 5.93. The maximum atomic E-state index is 14.1. The molecule has 0 aliphatic carbocycles. The summed E-state index contributed by atoms with van der Waals surface area (Å²) < 4.78 is 49.1. The number of hydrogen-bond donors (Lipinski definition) is 0.